The van der Waals surface area contributed by atoms with Crippen LogP contribution in [0, 0.1) is 0 Å². The van der Waals surface area contributed by atoms with E-state index in [1.54, 1.807) is 6.07 Å². The van der Waals surface area contributed by atoms with Gasteiger partial charge in [0.05, 0.1) is 5.30 Å². The lowest BCUT2D eigenvalue weighted by Gasteiger charge is -2.12. The van der Waals surface area contributed by atoms with Crippen LogP contribution in [-0.4, -0.2) is 28.0 Å². The molecule has 19 heavy (non-hydrogen) atoms. The predicted octanol–water partition coefficient (Wildman–Crippen LogP) is 0.233. The molecule has 0 radical (unpaired) electrons. The molecule has 2 atom stereocenters. The highest BCUT2D eigenvalue weighted by atomic mass is 31.2. The van der Waals surface area contributed by atoms with Crippen molar-refractivity contribution in [2.45, 2.75) is 18.9 Å². The van der Waals surface area contributed by atoms with Gasteiger partial charge in [-0.25, -0.2) is 4.57 Å². The Morgan fingerprint density at radius 3 is 2.42 bits per heavy atom. The highest BCUT2D eigenvalue weighted by Gasteiger charge is 2.27. The molecule has 1 aromatic rings. The summed E-state index contributed by atoms with van der Waals surface area (Å²) in [6, 6.07) is 6.23. The van der Waals surface area contributed by atoms with E-state index in [0.29, 0.717) is 0 Å². The Bertz CT molecular complexity index is 503. The molecule has 104 valence electrons. The summed E-state index contributed by atoms with van der Waals surface area (Å²) in [5, 5.41) is 8.52. The molecular formula is C11H14NO6P. The zero-order valence-corrected chi connectivity index (χ0v) is 10.8. The summed E-state index contributed by atoms with van der Waals surface area (Å²) in [7, 11) is -4.22. The molecule has 0 spiro atoms. The number of carboxylic acids is 1. The first-order chi connectivity index (χ1) is 8.83. The molecule has 1 unspecified atom stereocenters. The van der Waals surface area contributed by atoms with Gasteiger partial charge in [0.1, 0.15) is 6.04 Å². The van der Waals surface area contributed by atoms with Crippen molar-refractivity contribution in [3.63, 3.8) is 0 Å². The standard InChI is InChI=1S/C11H14NO6P/c12-9(11(14)15)6-7-10(13)18-19(16,17)8-4-2-1-3-5-8/h1-5,9H,6-7,12H2,(H,14,15)(H,16,17)/t9-/m0/s1. The number of carboxylic acid groups (broad SMARTS) is 1. The van der Waals surface area contributed by atoms with Gasteiger partial charge in [0.15, 0.2) is 0 Å². The Kier molecular flexibility index (Phi) is 5.23. The van der Waals surface area contributed by atoms with Crippen LogP contribution in [0.2, 0.25) is 0 Å². The average molecular weight is 287 g/mol. The van der Waals surface area contributed by atoms with Gasteiger partial charge in [-0.1, -0.05) is 18.2 Å². The molecule has 0 fully saturated rings. The number of aliphatic carboxylic acids is 1. The summed E-state index contributed by atoms with van der Waals surface area (Å²) in [5.74, 6) is -2.21. The Hall–Kier alpha value is -1.69. The van der Waals surface area contributed by atoms with Crippen LogP contribution in [0.25, 0.3) is 0 Å². The molecule has 0 aliphatic rings. The number of hydrogen-bond donors (Lipinski definition) is 3. The number of rotatable bonds is 6. The summed E-state index contributed by atoms with van der Waals surface area (Å²) >= 11 is 0. The molecule has 0 aliphatic heterocycles. The van der Waals surface area contributed by atoms with Gasteiger partial charge in [-0.05, 0) is 18.6 Å². The first kappa shape index (κ1) is 15.4. The third kappa shape index (κ3) is 4.82. The van der Waals surface area contributed by atoms with Crippen LogP contribution in [0.15, 0.2) is 30.3 Å². The van der Waals surface area contributed by atoms with Gasteiger partial charge in [-0.15, -0.1) is 0 Å². The lowest BCUT2D eigenvalue weighted by molar-refractivity contribution is -0.139. The van der Waals surface area contributed by atoms with Crippen molar-refractivity contribution in [2.24, 2.45) is 5.73 Å². The van der Waals surface area contributed by atoms with Gasteiger partial charge in [-0.2, -0.15) is 0 Å². The van der Waals surface area contributed by atoms with Crippen molar-refractivity contribution in [2.75, 3.05) is 0 Å². The quantitative estimate of drug-likeness (QED) is 0.639. The second-order valence-electron chi connectivity index (χ2n) is 3.80. The van der Waals surface area contributed by atoms with Crippen LogP contribution in [0.1, 0.15) is 12.8 Å². The Morgan fingerprint density at radius 1 is 1.32 bits per heavy atom. The van der Waals surface area contributed by atoms with Crippen LogP contribution >= 0.6 is 7.60 Å². The number of nitrogens with two attached hydrogens (primary N) is 1. The lowest BCUT2D eigenvalue weighted by atomic mass is 10.2. The molecule has 0 bridgehead atoms. The smallest absolute Gasteiger partial charge is 0.410 e. The maximum atomic E-state index is 11.8. The molecule has 4 N–H and O–H groups in total. The number of benzene rings is 1. The summed E-state index contributed by atoms with van der Waals surface area (Å²) in [5.41, 5.74) is 5.20. The minimum Gasteiger partial charge on any atom is -0.480 e. The van der Waals surface area contributed by atoms with E-state index in [4.69, 9.17) is 10.8 Å². The molecule has 0 saturated heterocycles. The summed E-state index contributed by atoms with van der Waals surface area (Å²) in [6.45, 7) is 0. The monoisotopic (exact) mass is 287 g/mol. The molecule has 0 saturated carbocycles. The Morgan fingerprint density at radius 2 is 1.89 bits per heavy atom. The van der Waals surface area contributed by atoms with Gasteiger partial charge in [0.2, 0.25) is 0 Å². The van der Waals surface area contributed by atoms with Crippen molar-refractivity contribution in [1.29, 1.82) is 0 Å². The highest BCUT2D eigenvalue weighted by Crippen LogP contribution is 2.40. The molecule has 1 aromatic carbocycles. The zero-order valence-electron chi connectivity index (χ0n) is 9.93. The summed E-state index contributed by atoms with van der Waals surface area (Å²) in [4.78, 5) is 31.4. The minimum atomic E-state index is -4.22. The fraction of sp³-hybridized carbons (Fsp3) is 0.273. The Balaban J connectivity index is 2.57. The maximum Gasteiger partial charge on any atom is 0.410 e. The fourth-order valence-corrected chi connectivity index (χ4v) is 2.27. The highest BCUT2D eigenvalue weighted by molar-refractivity contribution is 7.61. The summed E-state index contributed by atoms with van der Waals surface area (Å²) in [6.07, 6.45) is -0.506. The van der Waals surface area contributed by atoms with Gasteiger partial charge in [-0.3, -0.25) is 9.59 Å². The first-order valence-electron chi connectivity index (χ1n) is 5.42. The van der Waals surface area contributed by atoms with Crippen molar-refractivity contribution >= 4 is 24.8 Å². The van der Waals surface area contributed by atoms with Crippen LogP contribution < -0.4 is 11.0 Å². The summed E-state index contributed by atoms with van der Waals surface area (Å²) < 4.78 is 16.2. The van der Waals surface area contributed by atoms with E-state index in [9.17, 15) is 19.0 Å². The fourth-order valence-electron chi connectivity index (χ4n) is 1.25. The molecule has 0 aliphatic carbocycles. The molecule has 7 nitrogen and oxygen atoms in total. The van der Waals surface area contributed by atoms with Crippen LogP contribution in [0.5, 0.6) is 0 Å². The third-order valence-electron chi connectivity index (χ3n) is 2.28. The SMILES string of the molecule is N[C@@H](CCC(=O)OP(=O)(O)c1ccccc1)C(=O)O. The van der Waals surface area contributed by atoms with Crippen LogP contribution in [0.3, 0.4) is 0 Å². The van der Waals surface area contributed by atoms with Gasteiger partial charge >= 0.3 is 19.5 Å². The molecular weight excluding hydrogens is 273 g/mol. The van der Waals surface area contributed by atoms with E-state index >= 15 is 0 Å². The second-order valence-corrected chi connectivity index (χ2v) is 5.54. The van der Waals surface area contributed by atoms with Crippen molar-refractivity contribution in [1.82, 2.24) is 0 Å². The van der Waals surface area contributed by atoms with Crippen LogP contribution in [0.4, 0.5) is 0 Å². The van der Waals surface area contributed by atoms with Gasteiger partial charge in [0, 0.05) is 6.42 Å². The number of carbonyl (C=O) groups excluding carboxylic acids is 1. The van der Waals surface area contributed by atoms with E-state index < -0.39 is 25.6 Å². The molecule has 0 heterocycles. The molecule has 0 amide bonds. The third-order valence-corrected chi connectivity index (χ3v) is 3.69. The molecule has 1 rings (SSSR count). The van der Waals surface area contributed by atoms with Crippen molar-refractivity contribution in [3.8, 4) is 0 Å². The maximum absolute atomic E-state index is 11.8. The van der Waals surface area contributed by atoms with E-state index in [0.717, 1.165) is 0 Å². The van der Waals surface area contributed by atoms with E-state index in [1.165, 1.54) is 24.3 Å². The average Bonchev–Trinajstić information content (AvgIpc) is 2.36. The van der Waals surface area contributed by atoms with Crippen molar-refractivity contribution < 1.29 is 28.7 Å². The first-order valence-corrected chi connectivity index (χ1v) is 7.00. The second kappa shape index (κ2) is 6.47. The zero-order chi connectivity index (χ0) is 14.5. The predicted molar refractivity (Wildman–Crippen MR) is 66.8 cm³/mol. The molecule has 0 aromatic heterocycles. The Labute approximate surface area is 109 Å². The topological polar surface area (TPSA) is 127 Å². The van der Waals surface area contributed by atoms with Crippen LogP contribution in [-0.2, 0) is 18.7 Å². The van der Waals surface area contributed by atoms with E-state index in [2.05, 4.69) is 4.52 Å². The van der Waals surface area contributed by atoms with Crippen molar-refractivity contribution in [3.05, 3.63) is 30.3 Å². The minimum absolute atomic E-state index is 0.00844. The van der Waals surface area contributed by atoms with E-state index in [1.807, 2.05) is 0 Å². The number of hydrogen-bond acceptors (Lipinski definition) is 5. The normalized spacial score (nSPS) is 15.3. The number of carbonyl (C=O) groups is 2. The van der Waals surface area contributed by atoms with E-state index in [-0.39, 0.29) is 18.1 Å². The lowest BCUT2D eigenvalue weighted by Crippen LogP contribution is -2.30. The van der Waals surface area contributed by atoms with Gasteiger partial charge < -0.3 is 20.3 Å². The van der Waals surface area contributed by atoms with Gasteiger partial charge in [0.25, 0.3) is 0 Å². The molecule has 8 heteroatoms. The largest absolute Gasteiger partial charge is 0.480 e.